The number of aromatic amines is 1. The van der Waals surface area contributed by atoms with Crippen molar-refractivity contribution >= 4 is 16.8 Å². The molecule has 0 spiro atoms. The molecule has 7 nitrogen and oxygen atoms in total. The Bertz CT molecular complexity index is 1190. The van der Waals surface area contributed by atoms with Gasteiger partial charge in [-0.2, -0.15) is 0 Å². The van der Waals surface area contributed by atoms with Crippen molar-refractivity contribution in [3.05, 3.63) is 68.0 Å². The van der Waals surface area contributed by atoms with Crippen LogP contribution in [0.2, 0.25) is 0 Å². The van der Waals surface area contributed by atoms with E-state index in [1.165, 1.54) is 10.8 Å². The number of H-pyrrole nitrogens is 1. The minimum atomic E-state index is -0.496. The van der Waals surface area contributed by atoms with Gasteiger partial charge in [-0.15, -0.1) is 0 Å². The molecule has 1 atom stereocenters. The SMILES string of the molecule is COc1ccc([C@H]2CC(=O)c3cnc4c(c3C2)c(=O)[nH]c(=O)n4C(C)C)cc1. The minimum absolute atomic E-state index is 0.0434. The summed E-state index contributed by atoms with van der Waals surface area (Å²) in [6.07, 6.45) is 2.39. The van der Waals surface area contributed by atoms with Gasteiger partial charge in [-0.1, -0.05) is 12.1 Å². The lowest BCUT2D eigenvalue weighted by Crippen LogP contribution is -2.33. The number of ketones is 1. The minimum Gasteiger partial charge on any atom is -0.497 e. The Morgan fingerprint density at radius 3 is 2.50 bits per heavy atom. The van der Waals surface area contributed by atoms with Gasteiger partial charge in [0.15, 0.2) is 5.78 Å². The summed E-state index contributed by atoms with van der Waals surface area (Å²) in [4.78, 5) is 44.4. The third-order valence-electron chi connectivity index (χ3n) is 5.35. The van der Waals surface area contributed by atoms with E-state index in [4.69, 9.17) is 4.74 Å². The molecule has 0 bridgehead atoms. The molecule has 0 unspecified atom stereocenters. The molecule has 144 valence electrons. The van der Waals surface area contributed by atoms with Crippen molar-refractivity contribution in [2.24, 2.45) is 0 Å². The molecule has 3 aromatic rings. The summed E-state index contributed by atoms with van der Waals surface area (Å²) in [6.45, 7) is 3.71. The van der Waals surface area contributed by atoms with Crippen LogP contribution in [0.25, 0.3) is 11.0 Å². The van der Waals surface area contributed by atoms with Crippen molar-refractivity contribution in [3.63, 3.8) is 0 Å². The second kappa shape index (κ2) is 6.74. The molecule has 0 aliphatic heterocycles. The number of nitrogens with zero attached hydrogens (tertiary/aromatic N) is 2. The molecular formula is C21H21N3O4. The molecule has 0 radical (unpaired) electrons. The van der Waals surface area contributed by atoms with Crippen LogP contribution >= 0.6 is 0 Å². The van der Waals surface area contributed by atoms with E-state index in [1.807, 2.05) is 38.1 Å². The highest BCUT2D eigenvalue weighted by Gasteiger charge is 2.30. The third kappa shape index (κ3) is 2.83. The maximum Gasteiger partial charge on any atom is 0.330 e. The van der Waals surface area contributed by atoms with Crippen LogP contribution in [0.4, 0.5) is 0 Å². The highest BCUT2D eigenvalue weighted by molar-refractivity contribution is 6.02. The lowest BCUT2D eigenvalue weighted by atomic mass is 9.79. The molecule has 2 aromatic heterocycles. The van der Waals surface area contributed by atoms with Crippen LogP contribution in [0, 0.1) is 0 Å². The predicted octanol–water partition coefficient (Wildman–Crippen LogP) is 2.59. The fraction of sp³-hybridized carbons (Fsp3) is 0.333. The molecule has 0 fully saturated rings. The molecular weight excluding hydrogens is 358 g/mol. The fourth-order valence-electron chi connectivity index (χ4n) is 3.97. The number of benzene rings is 1. The lowest BCUT2D eigenvalue weighted by molar-refractivity contribution is 0.0964. The number of rotatable bonds is 3. The fourth-order valence-corrected chi connectivity index (χ4v) is 3.97. The van der Waals surface area contributed by atoms with Gasteiger partial charge in [0.1, 0.15) is 11.4 Å². The number of pyridine rings is 1. The number of Topliss-reactive ketones (excluding diaryl/α,β-unsaturated/α-hetero) is 1. The third-order valence-corrected chi connectivity index (χ3v) is 5.35. The largest absolute Gasteiger partial charge is 0.497 e. The molecule has 4 rings (SSSR count). The van der Waals surface area contributed by atoms with E-state index >= 15 is 0 Å². The molecule has 1 aliphatic carbocycles. The molecule has 2 heterocycles. The van der Waals surface area contributed by atoms with E-state index < -0.39 is 11.2 Å². The van der Waals surface area contributed by atoms with Gasteiger partial charge >= 0.3 is 5.69 Å². The summed E-state index contributed by atoms with van der Waals surface area (Å²) in [5.74, 6) is 0.659. The van der Waals surface area contributed by atoms with Gasteiger partial charge < -0.3 is 4.74 Å². The number of ether oxygens (including phenoxy) is 1. The van der Waals surface area contributed by atoms with Crippen molar-refractivity contribution in [2.75, 3.05) is 7.11 Å². The highest BCUT2D eigenvalue weighted by atomic mass is 16.5. The normalized spacial score (nSPS) is 16.4. The molecule has 0 saturated heterocycles. The molecule has 28 heavy (non-hydrogen) atoms. The zero-order valence-electron chi connectivity index (χ0n) is 16.0. The van der Waals surface area contributed by atoms with Crippen LogP contribution in [0.5, 0.6) is 5.75 Å². The van der Waals surface area contributed by atoms with Crippen LogP contribution in [0.1, 0.15) is 53.7 Å². The smallest absolute Gasteiger partial charge is 0.330 e. The lowest BCUT2D eigenvalue weighted by Gasteiger charge is -2.25. The maximum atomic E-state index is 12.8. The molecule has 1 aliphatic rings. The molecule has 0 amide bonds. The average molecular weight is 379 g/mol. The van der Waals surface area contributed by atoms with Crippen molar-refractivity contribution in [2.45, 2.75) is 38.6 Å². The number of carbonyl (C=O) groups is 1. The first-order valence-corrected chi connectivity index (χ1v) is 9.24. The summed E-state index contributed by atoms with van der Waals surface area (Å²) in [7, 11) is 1.61. The Labute approximate surface area is 161 Å². The predicted molar refractivity (Wildman–Crippen MR) is 105 cm³/mol. The van der Waals surface area contributed by atoms with Crippen LogP contribution in [0.3, 0.4) is 0 Å². The summed E-state index contributed by atoms with van der Waals surface area (Å²) in [6, 6.07) is 7.44. The van der Waals surface area contributed by atoms with Gasteiger partial charge in [-0.3, -0.25) is 19.1 Å². The molecule has 1 N–H and O–H groups in total. The van der Waals surface area contributed by atoms with E-state index in [2.05, 4.69) is 9.97 Å². The van der Waals surface area contributed by atoms with Crippen LogP contribution in [-0.4, -0.2) is 27.4 Å². The van der Waals surface area contributed by atoms with Gasteiger partial charge in [-0.25, -0.2) is 9.78 Å². The Balaban J connectivity index is 1.91. The zero-order valence-corrected chi connectivity index (χ0v) is 16.0. The average Bonchev–Trinajstić information content (AvgIpc) is 2.67. The van der Waals surface area contributed by atoms with Crippen LogP contribution < -0.4 is 16.0 Å². The van der Waals surface area contributed by atoms with Crippen molar-refractivity contribution < 1.29 is 9.53 Å². The Morgan fingerprint density at radius 2 is 1.86 bits per heavy atom. The maximum absolute atomic E-state index is 12.8. The van der Waals surface area contributed by atoms with E-state index in [-0.39, 0.29) is 17.7 Å². The number of aromatic nitrogens is 3. The van der Waals surface area contributed by atoms with Crippen LogP contribution in [0.15, 0.2) is 40.1 Å². The standard InChI is InChI=1S/C21H21N3O4/c1-11(2)24-19-18(20(26)23-21(24)27)15-8-13(9-17(25)16(15)10-22-19)12-4-6-14(28-3)7-5-12/h4-7,10-11,13H,8-9H2,1-3H3,(H,23,26,27)/t13-/m1/s1. The van der Waals surface area contributed by atoms with Gasteiger partial charge in [0.25, 0.3) is 5.56 Å². The Hall–Kier alpha value is -3.22. The van der Waals surface area contributed by atoms with Gasteiger partial charge in [0.2, 0.25) is 0 Å². The number of methoxy groups -OCH3 is 1. The number of carbonyl (C=O) groups excluding carboxylic acids is 1. The number of fused-ring (bicyclic) bond motifs is 3. The summed E-state index contributed by atoms with van der Waals surface area (Å²) in [5.41, 5.74) is 1.48. The van der Waals surface area contributed by atoms with Crippen molar-refractivity contribution in [3.8, 4) is 5.75 Å². The molecule has 7 heteroatoms. The number of nitrogens with one attached hydrogen (secondary N) is 1. The first kappa shape index (κ1) is 18.2. The Morgan fingerprint density at radius 1 is 1.14 bits per heavy atom. The highest BCUT2D eigenvalue weighted by Crippen LogP contribution is 2.35. The first-order valence-electron chi connectivity index (χ1n) is 9.24. The second-order valence-corrected chi connectivity index (χ2v) is 7.37. The monoisotopic (exact) mass is 379 g/mol. The van der Waals surface area contributed by atoms with Crippen molar-refractivity contribution in [1.82, 2.24) is 14.5 Å². The zero-order chi connectivity index (χ0) is 20.0. The van der Waals surface area contributed by atoms with E-state index in [1.54, 1.807) is 7.11 Å². The quantitative estimate of drug-likeness (QED) is 0.755. The van der Waals surface area contributed by atoms with Gasteiger partial charge in [-0.05, 0) is 49.4 Å². The van der Waals surface area contributed by atoms with Crippen LogP contribution in [-0.2, 0) is 6.42 Å². The van der Waals surface area contributed by atoms with Gasteiger partial charge in [0.05, 0.1) is 12.5 Å². The summed E-state index contributed by atoms with van der Waals surface area (Å²) in [5, 5.41) is 0.331. The second-order valence-electron chi connectivity index (χ2n) is 7.37. The molecule has 0 saturated carbocycles. The topological polar surface area (TPSA) is 94.1 Å². The van der Waals surface area contributed by atoms with Crippen molar-refractivity contribution in [1.29, 1.82) is 0 Å². The first-order chi connectivity index (χ1) is 13.4. The number of hydrogen-bond acceptors (Lipinski definition) is 5. The van der Waals surface area contributed by atoms with E-state index in [9.17, 15) is 14.4 Å². The van der Waals surface area contributed by atoms with E-state index in [0.29, 0.717) is 35.0 Å². The Kier molecular flexibility index (Phi) is 4.37. The van der Waals surface area contributed by atoms with E-state index in [0.717, 1.165) is 11.3 Å². The summed E-state index contributed by atoms with van der Waals surface area (Å²) < 4.78 is 6.66. The van der Waals surface area contributed by atoms with Gasteiger partial charge in [0, 0.05) is 24.2 Å². The number of hydrogen-bond donors (Lipinski definition) is 1. The summed E-state index contributed by atoms with van der Waals surface area (Å²) >= 11 is 0. The molecule has 1 aromatic carbocycles.